The van der Waals surface area contributed by atoms with Crippen LogP contribution in [0.5, 0.6) is 0 Å². The van der Waals surface area contributed by atoms with E-state index in [9.17, 15) is 0 Å². The molecule has 2 rings (SSSR count). The van der Waals surface area contributed by atoms with Crippen LogP contribution in [0.3, 0.4) is 0 Å². The summed E-state index contributed by atoms with van der Waals surface area (Å²) in [6, 6.07) is 8.13. The molecule has 13 heavy (non-hydrogen) atoms. The summed E-state index contributed by atoms with van der Waals surface area (Å²) in [5.41, 5.74) is 4.26. The number of nitrogens with one attached hydrogen (secondary N) is 1. The minimum Gasteiger partial charge on any atom is -0.355 e. The zero-order valence-electron chi connectivity index (χ0n) is 7.38. The van der Waals surface area contributed by atoms with Gasteiger partial charge < -0.3 is 5.32 Å². The van der Waals surface area contributed by atoms with Crippen LogP contribution in [0.25, 0.3) is 6.08 Å². The third kappa shape index (κ3) is 1.29. The molecule has 64 valence electrons. The smallest absolute Gasteiger partial charge is 0.0458 e. The van der Waals surface area contributed by atoms with Crippen LogP contribution in [0, 0.1) is 0 Å². The van der Waals surface area contributed by atoms with Crippen LogP contribution in [0.1, 0.15) is 5.56 Å². The van der Waals surface area contributed by atoms with Crippen LogP contribution >= 0.6 is 0 Å². The van der Waals surface area contributed by atoms with Crippen molar-refractivity contribution >= 4 is 11.8 Å². The molecule has 1 aliphatic heterocycles. The first-order chi connectivity index (χ1) is 6.31. The van der Waals surface area contributed by atoms with E-state index in [1.165, 1.54) is 5.56 Å². The van der Waals surface area contributed by atoms with Gasteiger partial charge in [-0.05, 0) is 23.3 Å². The van der Waals surface area contributed by atoms with Gasteiger partial charge in [-0.3, -0.25) is 0 Å². The second-order valence-corrected chi connectivity index (χ2v) is 2.99. The van der Waals surface area contributed by atoms with Gasteiger partial charge in [0.05, 0.1) is 0 Å². The van der Waals surface area contributed by atoms with Gasteiger partial charge in [0, 0.05) is 11.4 Å². The summed E-state index contributed by atoms with van der Waals surface area (Å²) in [4.78, 5) is 0. The fourth-order valence-electron chi connectivity index (χ4n) is 1.41. The van der Waals surface area contributed by atoms with E-state index in [1.54, 1.807) is 0 Å². The third-order valence-corrected chi connectivity index (χ3v) is 2.13. The van der Waals surface area contributed by atoms with Crippen molar-refractivity contribution in [3.8, 4) is 0 Å². The first kappa shape index (κ1) is 7.87. The summed E-state index contributed by atoms with van der Waals surface area (Å²) in [7, 11) is 0. The van der Waals surface area contributed by atoms with Crippen LogP contribution in [0.4, 0.5) is 5.69 Å². The van der Waals surface area contributed by atoms with Gasteiger partial charge >= 0.3 is 0 Å². The molecule has 1 aromatic rings. The number of hydrogen-bond acceptors (Lipinski definition) is 1. The lowest BCUT2D eigenvalue weighted by Crippen LogP contribution is -2.05. The van der Waals surface area contributed by atoms with Gasteiger partial charge in [-0.25, -0.2) is 0 Å². The molecule has 1 nitrogen and oxygen atoms in total. The van der Waals surface area contributed by atoms with E-state index in [0.717, 1.165) is 17.0 Å². The maximum atomic E-state index is 3.91. The predicted molar refractivity (Wildman–Crippen MR) is 57.4 cm³/mol. The fourth-order valence-corrected chi connectivity index (χ4v) is 1.41. The molecule has 0 aliphatic carbocycles. The maximum Gasteiger partial charge on any atom is 0.0458 e. The van der Waals surface area contributed by atoms with Crippen LogP contribution < -0.4 is 5.32 Å². The number of hydrogen-bond donors (Lipinski definition) is 1. The Kier molecular flexibility index (Phi) is 1.78. The predicted octanol–water partition coefficient (Wildman–Crippen LogP) is 3.20. The molecule has 1 N–H and O–H groups in total. The van der Waals surface area contributed by atoms with E-state index in [0.29, 0.717) is 0 Å². The summed E-state index contributed by atoms with van der Waals surface area (Å²) in [6.07, 6.45) is 3.90. The average Bonchev–Trinajstić information content (AvgIpc) is 2.17. The monoisotopic (exact) mass is 169 g/mol. The fraction of sp³-hybridized carbons (Fsp3) is 0. The first-order valence-corrected chi connectivity index (χ1v) is 4.21. The molecule has 0 spiro atoms. The van der Waals surface area contributed by atoms with Gasteiger partial charge in [0.1, 0.15) is 0 Å². The zero-order chi connectivity index (χ0) is 9.26. The molecule has 0 aromatic heterocycles. The average molecular weight is 169 g/mol. The Morgan fingerprint density at radius 1 is 1.23 bits per heavy atom. The molecular weight excluding hydrogens is 158 g/mol. The van der Waals surface area contributed by atoms with E-state index in [2.05, 4.69) is 30.6 Å². The molecule has 1 heterocycles. The highest BCUT2D eigenvalue weighted by Gasteiger charge is 2.09. The van der Waals surface area contributed by atoms with Crippen molar-refractivity contribution in [2.75, 3.05) is 5.32 Å². The van der Waals surface area contributed by atoms with Crippen molar-refractivity contribution in [2.24, 2.45) is 0 Å². The summed E-state index contributed by atoms with van der Waals surface area (Å²) in [5, 5.41) is 3.23. The Hall–Kier alpha value is -1.76. The lowest BCUT2D eigenvalue weighted by molar-refractivity contribution is 1.40. The summed E-state index contributed by atoms with van der Waals surface area (Å²) < 4.78 is 0. The normalized spacial score (nSPS) is 14.2. The van der Waals surface area contributed by atoms with E-state index in [-0.39, 0.29) is 0 Å². The standard InChI is InChI=1S/C12H11N/c1-3-10-8-11-6-4-5-7-12(11)13-9(10)2/h3-8,13H,1-2H2. The highest BCUT2D eigenvalue weighted by atomic mass is 14.9. The maximum absolute atomic E-state index is 3.91. The second-order valence-electron chi connectivity index (χ2n) is 2.99. The number of allylic oxidation sites excluding steroid dienone is 1. The van der Waals surface area contributed by atoms with Crippen LogP contribution in [-0.4, -0.2) is 0 Å². The van der Waals surface area contributed by atoms with Crippen molar-refractivity contribution in [2.45, 2.75) is 0 Å². The van der Waals surface area contributed by atoms with Crippen molar-refractivity contribution in [1.29, 1.82) is 0 Å². The first-order valence-electron chi connectivity index (χ1n) is 4.21. The molecule has 0 radical (unpaired) electrons. The highest BCUT2D eigenvalue weighted by Crippen LogP contribution is 2.28. The SMILES string of the molecule is C=CC1=Cc2ccccc2NC1=C. The zero-order valence-corrected chi connectivity index (χ0v) is 7.38. The number of anilines is 1. The van der Waals surface area contributed by atoms with Crippen molar-refractivity contribution in [1.82, 2.24) is 0 Å². The quantitative estimate of drug-likeness (QED) is 0.680. The number of benzene rings is 1. The number of rotatable bonds is 1. The Morgan fingerprint density at radius 2 is 2.00 bits per heavy atom. The van der Waals surface area contributed by atoms with Gasteiger partial charge in [-0.2, -0.15) is 0 Å². The largest absolute Gasteiger partial charge is 0.355 e. The molecule has 1 heteroatoms. The van der Waals surface area contributed by atoms with Gasteiger partial charge in [0.25, 0.3) is 0 Å². The lowest BCUT2D eigenvalue weighted by atomic mass is 10.0. The van der Waals surface area contributed by atoms with Crippen LogP contribution in [-0.2, 0) is 0 Å². The number of fused-ring (bicyclic) bond motifs is 1. The molecule has 0 unspecified atom stereocenters. The minimum atomic E-state index is 0.911. The van der Waals surface area contributed by atoms with Crippen molar-refractivity contribution < 1.29 is 0 Å². The summed E-state index contributed by atoms with van der Waals surface area (Å²) in [6.45, 7) is 7.65. The van der Waals surface area contributed by atoms with E-state index >= 15 is 0 Å². The van der Waals surface area contributed by atoms with Gasteiger partial charge in [0.2, 0.25) is 0 Å². The van der Waals surface area contributed by atoms with Crippen molar-refractivity contribution in [3.05, 3.63) is 60.3 Å². The Morgan fingerprint density at radius 3 is 2.77 bits per heavy atom. The molecule has 0 saturated heterocycles. The molecule has 1 aliphatic rings. The van der Waals surface area contributed by atoms with Gasteiger partial charge in [-0.15, -0.1) is 0 Å². The van der Waals surface area contributed by atoms with Gasteiger partial charge in [-0.1, -0.05) is 37.4 Å². The molecule has 0 saturated carbocycles. The molecule has 0 atom stereocenters. The van der Waals surface area contributed by atoms with Crippen molar-refractivity contribution in [3.63, 3.8) is 0 Å². The molecule has 1 aromatic carbocycles. The van der Waals surface area contributed by atoms with E-state index < -0.39 is 0 Å². The Balaban J connectivity index is 2.56. The molecular formula is C12H11N. The second kappa shape index (κ2) is 2.94. The highest BCUT2D eigenvalue weighted by molar-refractivity contribution is 5.79. The van der Waals surface area contributed by atoms with E-state index in [1.807, 2.05) is 24.3 Å². The summed E-state index contributed by atoms with van der Waals surface area (Å²) in [5.74, 6) is 0. The van der Waals surface area contributed by atoms with E-state index in [4.69, 9.17) is 0 Å². The molecule has 0 amide bonds. The van der Waals surface area contributed by atoms with Gasteiger partial charge in [0.15, 0.2) is 0 Å². The summed E-state index contributed by atoms with van der Waals surface area (Å²) >= 11 is 0. The topological polar surface area (TPSA) is 12.0 Å². The minimum absolute atomic E-state index is 0.911. The van der Waals surface area contributed by atoms with Crippen LogP contribution in [0.15, 0.2) is 54.8 Å². The molecule has 0 fully saturated rings. The number of para-hydroxylation sites is 1. The third-order valence-electron chi connectivity index (χ3n) is 2.13. The molecule has 0 bridgehead atoms. The Bertz CT molecular complexity index is 399. The Labute approximate surface area is 78.1 Å². The van der Waals surface area contributed by atoms with Crippen LogP contribution in [0.2, 0.25) is 0 Å². The lowest BCUT2D eigenvalue weighted by Gasteiger charge is -2.18.